The van der Waals surface area contributed by atoms with Crippen LogP contribution in [-0.2, 0) is 29.6 Å². The SMILES string of the molecule is NS(=O)(=O)c1cccc(NS(=O)(=O)c2ccc(O)c(NC3=CC(=O)N(CCO)C3=O)c2)c1. The maximum absolute atomic E-state index is 12.7. The van der Waals surface area contributed by atoms with Crippen LogP contribution in [0.5, 0.6) is 5.75 Å². The van der Waals surface area contributed by atoms with E-state index in [2.05, 4.69) is 10.0 Å². The number of hydrogen-bond acceptors (Lipinski definition) is 9. The number of anilines is 2. The summed E-state index contributed by atoms with van der Waals surface area (Å²) in [5.74, 6) is -1.83. The summed E-state index contributed by atoms with van der Waals surface area (Å²) in [6.07, 6.45) is 0.954. The molecule has 0 aliphatic carbocycles. The Morgan fingerprint density at radius 2 is 1.72 bits per heavy atom. The second-order valence-corrected chi connectivity index (χ2v) is 9.80. The summed E-state index contributed by atoms with van der Waals surface area (Å²) >= 11 is 0. The Kier molecular flexibility index (Phi) is 6.23. The van der Waals surface area contributed by atoms with Gasteiger partial charge in [-0.1, -0.05) is 6.07 Å². The molecule has 1 aliphatic heterocycles. The van der Waals surface area contributed by atoms with Gasteiger partial charge in [-0.2, -0.15) is 0 Å². The molecule has 1 aliphatic rings. The van der Waals surface area contributed by atoms with Crippen LogP contribution < -0.4 is 15.2 Å². The Hall–Kier alpha value is -3.46. The summed E-state index contributed by atoms with van der Waals surface area (Å²) < 4.78 is 50.6. The lowest BCUT2D eigenvalue weighted by Crippen LogP contribution is -2.34. The number of nitrogens with one attached hydrogen (secondary N) is 2. The van der Waals surface area contributed by atoms with E-state index in [1.807, 2.05) is 0 Å². The molecule has 170 valence electrons. The number of sulfonamides is 2. The Balaban J connectivity index is 1.88. The number of primary sulfonamides is 1. The molecular weight excluding hydrogens is 464 g/mol. The number of carbonyl (C=O) groups is 2. The number of nitrogens with two attached hydrogens (primary N) is 1. The first-order valence-electron chi connectivity index (χ1n) is 8.86. The first kappa shape index (κ1) is 23.2. The van der Waals surface area contributed by atoms with Crippen molar-refractivity contribution in [1.82, 2.24) is 4.90 Å². The maximum Gasteiger partial charge on any atom is 0.277 e. The number of amides is 2. The Labute approximate surface area is 183 Å². The normalized spacial score (nSPS) is 14.4. The molecule has 2 aromatic carbocycles. The zero-order valence-electron chi connectivity index (χ0n) is 16.2. The first-order valence-corrected chi connectivity index (χ1v) is 11.9. The van der Waals surface area contributed by atoms with Crippen LogP contribution in [0.15, 0.2) is 64.0 Å². The van der Waals surface area contributed by atoms with E-state index in [4.69, 9.17) is 10.2 Å². The van der Waals surface area contributed by atoms with E-state index in [1.165, 1.54) is 18.2 Å². The second-order valence-electron chi connectivity index (χ2n) is 6.56. The fourth-order valence-corrected chi connectivity index (χ4v) is 4.42. The minimum absolute atomic E-state index is 0.0713. The topological polar surface area (TPSA) is 196 Å². The van der Waals surface area contributed by atoms with Crippen LogP contribution >= 0.6 is 0 Å². The summed E-state index contributed by atoms with van der Waals surface area (Å²) in [5, 5.41) is 26.6. The molecule has 0 atom stereocenters. The van der Waals surface area contributed by atoms with Gasteiger partial charge in [0.15, 0.2) is 0 Å². The van der Waals surface area contributed by atoms with Gasteiger partial charge in [0.05, 0.1) is 34.3 Å². The minimum Gasteiger partial charge on any atom is -0.506 e. The van der Waals surface area contributed by atoms with Gasteiger partial charge in [0.25, 0.3) is 21.8 Å². The molecule has 0 bridgehead atoms. The number of imide groups is 1. The second kappa shape index (κ2) is 8.58. The van der Waals surface area contributed by atoms with E-state index < -0.39 is 44.2 Å². The minimum atomic E-state index is -4.24. The van der Waals surface area contributed by atoms with Crippen molar-refractivity contribution in [2.75, 3.05) is 23.2 Å². The highest BCUT2D eigenvalue weighted by atomic mass is 32.2. The first-order chi connectivity index (χ1) is 14.9. The summed E-state index contributed by atoms with van der Waals surface area (Å²) in [5.41, 5.74) is -0.468. The number of aromatic hydroxyl groups is 1. The maximum atomic E-state index is 12.7. The number of hydrogen-bond donors (Lipinski definition) is 5. The zero-order valence-corrected chi connectivity index (χ0v) is 17.9. The van der Waals surface area contributed by atoms with Crippen LogP contribution in [0.2, 0.25) is 0 Å². The van der Waals surface area contributed by atoms with Crippen LogP contribution in [0, 0.1) is 0 Å². The summed E-state index contributed by atoms with van der Waals surface area (Å²) in [6, 6.07) is 8.02. The fraction of sp³-hybridized carbons (Fsp3) is 0.111. The van der Waals surface area contributed by atoms with Crippen molar-refractivity contribution >= 4 is 43.2 Å². The number of nitrogens with zero attached hydrogens (tertiary/aromatic N) is 1. The Morgan fingerprint density at radius 1 is 1.00 bits per heavy atom. The highest BCUT2D eigenvalue weighted by molar-refractivity contribution is 7.92. The fourth-order valence-electron chi connectivity index (χ4n) is 2.79. The van der Waals surface area contributed by atoms with Crippen molar-refractivity contribution in [3.8, 4) is 5.75 Å². The van der Waals surface area contributed by atoms with Gasteiger partial charge in [0.2, 0.25) is 10.0 Å². The molecule has 6 N–H and O–H groups in total. The van der Waals surface area contributed by atoms with E-state index in [1.54, 1.807) is 0 Å². The number of carbonyl (C=O) groups excluding carboxylic acids is 2. The lowest BCUT2D eigenvalue weighted by molar-refractivity contribution is -0.137. The van der Waals surface area contributed by atoms with Crippen molar-refractivity contribution in [1.29, 1.82) is 0 Å². The predicted molar refractivity (Wildman–Crippen MR) is 112 cm³/mol. The van der Waals surface area contributed by atoms with E-state index >= 15 is 0 Å². The lowest BCUT2D eigenvalue weighted by atomic mass is 10.2. The van der Waals surface area contributed by atoms with Crippen molar-refractivity contribution in [3.63, 3.8) is 0 Å². The highest BCUT2D eigenvalue weighted by Gasteiger charge is 2.31. The standard InChI is InChI=1S/C18H18N4O8S2/c19-31(27,28)12-3-1-2-11(8-12)21-32(29,30)13-4-5-16(24)14(9-13)20-15-10-17(25)22(6-7-23)18(15)26/h1-5,8-10,20-21,23-24H,6-7H2,(H2,19,27,28). The molecule has 0 aromatic heterocycles. The molecule has 32 heavy (non-hydrogen) atoms. The van der Waals surface area contributed by atoms with E-state index in [0.29, 0.717) is 0 Å². The molecule has 0 unspecified atom stereocenters. The number of phenols is 1. The van der Waals surface area contributed by atoms with E-state index in [9.17, 15) is 31.5 Å². The molecule has 0 radical (unpaired) electrons. The van der Waals surface area contributed by atoms with Gasteiger partial charge in [-0.3, -0.25) is 19.2 Å². The van der Waals surface area contributed by atoms with Crippen LogP contribution in [0.4, 0.5) is 11.4 Å². The van der Waals surface area contributed by atoms with Crippen LogP contribution in [-0.4, -0.2) is 56.9 Å². The van der Waals surface area contributed by atoms with Gasteiger partial charge in [0, 0.05) is 6.08 Å². The monoisotopic (exact) mass is 482 g/mol. The molecule has 0 spiro atoms. The molecule has 0 fully saturated rings. The van der Waals surface area contributed by atoms with Crippen LogP contribution in [0.25, 0.3) is 0 Å². The number of aliphatic hydroxyl groups excluding tert-OH is 1. The van der Waals surface area contributed by atoms with Gasteiger partial charge < -0.3 is 15.5 Å². The van der Waals surface area contributed by atoms with Gasteiger partial charge in [-0.05, 0) is 36.4 Å². The lowest BCUT2D eigenvalue weighted by Gasteiger charge is -2.15. The summed E-state index contributed by atoms with van der Waals surface area (Å²) in [6.45, 7) is -0.656. The molecule has 1 heterocycles. The number of benzene rings is 2. The zero-order chi connectivity index (χ0) is 23.7. The van der Waals surface area contributed by atoms with E-state index in [0.717, 1.165) is 35.2 Å². The largest absolute Gasteiger partial charge is 0.506 e. The summed E-state index contributed by atoms with van der Waals surface area (Å²) in [4.78, 5) is 24.2. The quantitative estimate of drug-likeness (QED) is 0.243. The Bertz CT molecular complexity index is 1340. The van der Waals surface area contributed by atoms with Crippen LogP contribution in [0.1, 0.15) is 0 Å². The molecule has 0 saturated heterocycles. The van der Waals surface area contributed by atoms with Crippen LogP contribution in [0.3, 0.4) is 0 Å². The van der Waals surface area contributed by atoms with Crippen molar-refractivity contribution in [2.45, 2.75) is 9.79 Å². The van der Waals surface area contributed by atoms with Gasteiger partial charge in [0.1, 0.15) is 11.4 Å². The van der Waals surface area contributed by atoms with E-state index in [-0.39, 0.29) is 33.4 Å². The number of phenolic OH excluding ortho intramolecular Hbond substituents is 1. The highest BCUT2D eigenvalue weighted by Crippen LogP contribution is 2.30. The number of aliphatic hydroxyl groups is 1. The molecule has 2 aromatic rings. The molecule has 3 rings (SSSR count). The Morgan fingerprint density at radius 3 is 2.38 bits per heavy atom. The molecular formula is C18H18N4O8S2. The average Bonchev–Trinajstić information content (AvgIpc) is 2.96. The predicted octanol–water partition coefficient (Wildman–Crippen LogP) is -0.503. The molecule has 12 nitrogen and oxygen atoms in total. The molecule has 14 heteroatoms. The van der Waals surface area contributed by atoms with Gasteiger partial charge in [-0.25, -0.2) is 22.0 Å². The molecule has 0 saturated carbocycles. The molecule has 2 amide bonds. The third-order valence-electron chi connectivity index (χ3n) is 4.30. The number of rotatable bonds is 8. The third-order valence-corrected chi connectivity index (χ3v) is 6.59. The van der Waals surface area contributed by atoms with Gasteiger partial charge >= 0.3 is 0 Å². The van der Waals surface area contributed by atoms with Crippen molar-refractivity contribution in [3.05, 3.63) is 54.2 Å². The third kappa shape index (κ3) is 4.88. The van der Waals surface area contributed by atoms with Crippen molar-refractivity contribution in [2.24, 2.45) is 5.14 Å². The van der Waals surface area contributed by atoms with Gasteiger partial charge in [-0.15, -0.1) is 0 Å². The summed E-state index contributed by atoms with van der Waals surface area (Å²) in [7, 11) is -8.30. The smallest absolute Gasteiger partial charge is 0.277 e. The average molecular weight is 482 g/mol. The van der Waals surface area contributed by atoms with Crippen molar-refractivity contribution < 1.29 is 36.6 Å². The number of β-amino-alcohol motifs (C(OH)–C–C–N with tert-alkyl or cyclic N) is 1.